The SMILES string of the molecule is CC(CO)Oc1ccccn1. The van der Waals surface area contributed by atoms with Gasteiger partial charge < -0.3 is 9.84 Å². The third-order valence-electron chi connectivity index (χ3n) is 1.22. The van der Waals surface area contributed by atoms with Crippen molar-refractivity contribution in [3.8, 4) is 5.88 Å². The first-order valence-corrected chi connectivity index (χ1v) is 3.51. The number of hydrogen-bond donors (Lipinski definition) is 1. The molecule has 1 atom stereocenters. The van der Waals surface area contributed by atoms with Gasteiger partial charge >= 0.3 is 0 Å². The molecular weight excluding hydrogens is 142 g/mol. The van der Waals surface area contributed by atoms with E-state index >= 15 is 0 Å². The number of nitrogens with zero attached hydrogens (tertiary/aromatic N) is 1. The van der Waals surface area contributed by atoms with Gasteiger partial charge in [-0.05, 0) is 13.0 Å². The summed E-state index contributed by atoms with van der Waals surface area (Å²) in [6, 6.07) is 5.41. The summed E-state index contributed by atoms with van der Waals surface area (Å²) in [5.74, 6) is 0.550. The summed E-state index contributed by atoms with van der Waals surface area (Å²) >= 11 is 0. The van der Waals surface area contributed by atoms with Gasteiger partial charge in [0.15, 0.2) is 0 Å². The Labute approximate surface area is 65.7 Å². The van der Waals surface area contributed by atoms with E-state index in [0.29, 0.717) is 5.88 Å². The van der Waals surface area contributed by atoms with Crippen LogP contribution in [0.25, 0.3) is 0 Å². The summed E-state index contributed by atoms with van der Waals surface area (Å²) in [4.78, 5) is 3.93. The number of aliphatic hydroxyl groups excluding tert-OH is 1. The van der Waals surface area contributed by atoms with Crippen molar-refractivity contribution in [2.45, 2.75) is 13.0 Å². The fourth-order valence-electron chi connectivity index (χ4n) is 0.660. The van der Waals surface area contributed by atoms with E-state index in [9.17, 15) is 0 Å². The quantitative estimate of drug-likeness (QED) is 0.699. The first-order valence-electron chi connectivity index (χ1n) is 3.51. The lowest BCUT2D eigenvalue weighted by Crippen LogP contribution is -2.16. The van der Waals surface area contributed by atoms with Gasteiger partial charge in [-0.15, -0.1) is 0 Å². The number of ether oxygens (including phenoxy) is 1. The molecule has 0 aliphatic heterocycles. The summed E-state index contributed by atoms with van der Waals surface area (Å²) in [6.45, 7) is 1.80. The van der Waals surface area contributed by atoms with Crippen molar-refractivity contribution in [2.75, 3.05) is 6.61 Å². The van der Waals surface area contributed by atoms with Gasteiger partial charge in [0, 0.05) is 12.3 Å². The number of aromatic nitrogens is 1. The Morgan fingerprint density at radius 2 is 2.45 bits per heavy atom. The first-order chi connectivity index (χ1) is 5.33. The summed E-state index contributed by atoms with van der Waals surface area (Å²) in [7, 11) is 0. The van der Waals surface area contributed by atoms with Crippen molar-refractivity contribution in [2.24, 2.45) is 0 Å². The van der Waals surface area contributed by atoms with Crippen LogP contribution in [0, 0.1) is 0 Å². The zero-order valence-corrected chi connectivity index (χ0v) is 6.40. The average Bonchev–Trinajstić information content (AvgIpc) is 2.06. The van der Waals surface area contributed by atoms with Crippen LogP contribution in [0.5, 0.6) is 5.88 Å². The van der Waals surface area contributed by atoms with E-state index in [1.165, 1.54) is 0 Å². The topological polar surface area (TPSA) is 42.4 Å². The molecule has 1 unspecified atom stereocenters. The van der Waals surface area contributed by atoms with Gasteiger partial charge in [0.1, 0.15) is 6.10 Å². The van der Waals surface area contributed by atoms with E-state index in [2.05, 4.69) is 4.98 Å². The predicted molar refractivity (Wildman–Crippen MR) is 41.4 cm³/mol. The molecule has 3 nitrogen and oxygen atoms in total. The average molecular weight is 153 g/mol. The first kappa shape index (κ1) is 8.01. The molecule has 0 fully saturated rings. The molecule has 0 spiro atoms. The highest BCUT2D eigenvalue weighted by atomic mass is 16.5. The standard InChI is InChI=1S/C8H11NO2/c1-7(6-10)11-8-4-2-3-5-9-8/h2-5,7,10H,6H2,1H3. The lowest BCUT2D eigenvalue weighted by atomic mass is 10.4. The van der Waals surface area contributed by atoms with Crippen LogP contribution in [0.3, 0.4) is 0 Å². The number of hydrogen-bond acceptors (Lipinski definition) is 3. The largest absolute Gasteiger partial charge is 0.472 e. The zero-order chi connectivity index (χ0) is 8.10. The third kappa shape index (κ3) is 2.55. The van der Waals surface area contributed by atoms with Crippen LogP contribution in [0.1, 0.15) is 6.92 Å². The fraction of sp³-hybridized carbons (Fsp3) is 0.375. The van der Waals surface area contributed by atoms with E-state index in [-0.39, 0.29) is 12.7 Å². The molecule has 0 saturated heterocycles. The number of pyridine rings is 1. The fourth-order valence-corrected chi connectivity index (χ4v) is 0.660. The zero-order valence-electron chi connectivity index (χ0n) is 6.40. The molecule has 11 heavy (non-hydrogen) atoms. The van der Waals surface area contributed by atoms with Crippen LogP contribution in [-0.2, 0) is 0 Å². The minimum Gasteiger partial charge on any atom is -0.472 e. The van der Waals surface area contributed by atoms with E-state index in [4.69, 9.17) is 9.84 Å². The molecule has 0 aliphatic rings. The number of rotatable bonds is 3. The summed E-state index contributed by atoms with van der Waals surface area (Å²) < 4.78 is 5.20. The molecule has 1 aromatic rings. The second-order valence-corrected chi connectivity index (χ2v) is 2.28. The van der Waals surface area contributed by atoms with Gasteiger partial charge in [-0.1, -0.05) is 6.07 Å². The molecule has 1 N–H and O–H groups in total. The molecular formula is C8H11NO2. The Morgan fingerprint density at radius 1 is 1.64 bits per heavy atom. The summed E-state index contributed by atoms with van der Waals surface area (Å²) in [5, 5.41) is 8.64. The molecule has 0 bridgehead atoms. The Balaban J connectivity index is 2.51. The summed E-state index contributed by atoms with van der Waals surface area (Å²) in [5.41, 5.74) is 0. The van der Waals surface area contributed by atoms with Crippen LogP contribution < -0.4 is 4.74 Å². The van der Waals surface area contributed by atoms with Gasteiger partial charge in [-0.3, -0.25) is 0 Å². The smallest absolute Gasteiger partial charge is 0.213 e. The monoisotopic (exact) mass is 153 g/mol. The Morgan fingerprint density at radius 3 is 3.00 bits per heavy atom. The van der Waals surface area contributed by atoms with E-state index < -0.39 is 0 Å². The Bertz CT molecular complexity index is 201. The number of aliphatic hydroxyl groups is 1. The third-order valence-corrected chi connectivity index (χ3v) is 1.22. The second-order valence-electron chi connectivity index (χ2n) is 2.28. The maximum absolute atomic E-state index is 8.64. The van der Waals surface area contributed by atoms with Crippen LogP contribution in [0.2, 0.25) is 0 Å². The molecule has 1 heterocycles. The van der Waals surface area contributed by atoms with Crippen molar-refractivity contribution >= 4 is 0 Å². The highest BCUT2D eigenvalue weighted by molar-refractivity contribution is 5.09. The van der Waals surface area contributed by atoms with Crippen LogP contribution in [0.15, 0.2) is 24.4 Å². The van der Waals surface area contributed by atoms with E-state index in [1.54, 1.807) is 19.2 Å². The molecule has 1 aromatic heterocycles. The molecule has 0 amide bonds. The van der Waals surface area contributed by atoms with Crippen LogP contribution >= 0.6 is 0 Å². The van der Waals surface area contributed by atoms with Crippen molar-refractivity contribution in [3.05, 3.63) is 24.4 Å². The van der Waals surface area contributed by atoms with Gasteiger partial charge in [-0.2, -0.15) is 0 Å². The van der Waals surface area contributed by atoms with Gasteiger partial charge in [-0.25, -0.2) is 4.98 Å². The molecule has 60 valence electrons. The molecule has 1 rings (SSSR count). The maximum Gasteiger partial charge on any atom is 0.213 e. The van der Waals surface area contributed by atoms with Gasteiger partial charge in [0.2, 0.25) is 5.88 Å². The van der Waals surface area contributed by atoms with Gasteiger partial charge in [0.25, 0.3) is 0 Å². The Hall–Kier alpha value is -1.09. The van der Waals surface area contributed by atoms with Gasteiger partial charge in [0.05, 0.1) is 6.61 Å². The highest BCUT2D eigenvalue weighted by Gasteiger charge is 2.00. The van der Waals surface area contributed by atoms with Crippen molar-refractivity contribution in [1.82, 2.24) is 4.98 Å². The van der Waals surface area contributed by atoms with E-state index in [1.807, 2.05) is 12.1 Å². The molecule has 3 heteroatoms. The van der Waals surface area contributed by atoms with Crippen molar-refractivity contribution in [3.63, 3.8) is 0 Å². The maximum atomic E-state index is 8.64. The molecule has 0 radical (unpaired) electrons. The minimum absolute atomic E-state index is 0.0105. The van der Waals surface area contributed by atoms with Crippen molar-refractivity contribution < 1.29 is 9.84 Å². The summed E-state index contributed by atoms with van der Waals surface area (Å²) in [6.07, 6.45) is 1.46. The lowest BCUT2D eigenvalue weighted by Gasteiger charge is -2.09. The second kappa shape index (κ2) is 3.93. The molecule has 0 aliphatic carbocycles. The Kier molecular flexibility index (Phi) is 2.86. The van der Waals surface area contributed by atoms with E-state index in [0.717, 1.165) is 0 Å². The van der Waals surface area contributed by atoms with Crippen LogP contribution in [0.4, 0.5) is 0 Å². The van der Waals surface area contributed by atoms with Crippen LogP contribution in [-0.4, -0.2) is 22.8 Å². The predicted octanol–water partition coefficient (Wildman–Crippen LogP) is 0.841. The molecule has 0 aromatic carbocycles. The minimum atomic E-state index is -0.190. The normalized spacial score (nSPS) is 12.5. The lowest BCUT2D eigenvalue weighted by molar-refractivity contribution is 0.125. The highest BCUT2D eigenvalue weighted by Crippen LogP contribution is 2.05. The van der Waals surface area contributed by atoms with Crippen molar-refractivity contribution in [1.29, 1.82) is 0 Å². The molecule has 0 saturated carbocycles.